The highest BCUT2D eigenvalue weighted by Gasteiger charge is 2.21. The van der Waals surface area contributed by atoms with Crippen molar-refractivity contribution in [2.75, 3.05) is 13.6 Å². The molecule has 3 rings (SSSR count). The predicted octanol–water partition coefficient (Wildman–Crippen LogP) is 2.01. The molecule has 2 aromatic rings. The maximum atomic E-state index is 4.29. The summed E-state index contributed by atoms with van der Waals surface area (Å²) in [5, 5.41) is 11.1. The van der Waals surface area contributed by atoms with E-state index < -0.39 is 0 Å². The van der Waals surface area contributed by atoms with Crippen molar-refractivity contribution in [3.8, 4) is 0 Å². The summed E-state index contributed by atoms with van der Waals surface area (Å²) >= 11 is 0. The zero-order valence-corrected chi connectivity index (χ0v) is 13.0. The first kappa shape index (κ1) is 14.6. The third kappa shape index (κ3) is 4.10. The molecule has 0 unspecified atom stereocenters. The lowest BCUT2D eigenvalue weighted by molar-refractivity contribution is 0.676. The fraction of sp³-hybridized carbons (Fsp3) is 0.412. The Morgan fingerprint density at radius 1 is 1.23 bits per heavy atom. The first-order valence-corrected chi connectivity index (χ1v) is 7.84. The fourth-order valence-corrected chi connectivity index (χ4v) is 2.42. The van der Waals surface area contributed by atoms with Crippen LogP contribution in [0, 0.1) is 5.92 Å². The zero-order valence-electron chi connectivity index (χ0n) is 13.0. The molecule has 22 heavy (non-hydrogen) atoms. The van der Waals surface area contributed by atoms with E-state index in [0.717, 1.165) is 31.5 Å². The van der Waals surface area contributed by atoms with Gasteiger partial charge in [-0.2, -0.15) is 5.10 Å². The molecule has 1 fully saturated rings. The number of hydrogen-bond acceptors (Lipinski definition) is 2. The summed E-state index contributed by atoms with van der Waals surface area (Å²) in [5.74, 6) is 1.71. The van der Waals surface area contributed by atoms with E-state index in [-0.39, 0.29) is 0 Å². The average molecular weight is 297 g/mol. The Balaban J connectivity index is 1.59. The van der Waals surface area contributed by atoms with E-state index in [0.29, 0.717) is 0 Å². The Bertz CT molecular complexity index is 614. The molecule has 1 heterocycles. The molecule has 1 aliphatic rings. The second-order valence-corrected chi connectivity index (χ2v) is 5.72. The van der Waals surface area contributed by atoms with Crippen LogP contribution < -0.4 is 10.6 Å². The summed E-state index contributed by atoms with van der Waals surface area (Å²) in [7, 11) is 1.82. The molecule has 1 aromatic heterocycles. The number of aromatic nitrogens is 2. The summed E-state index contributed by atoms with van der Waals surface area (Å²) in [6.07, 6.45) is 6.48. The molecule has 1 aliphatic carbocycles. The van der Waals surface area contributed by atoms with Gasteiger partial charge in [-0.15, -0.1) is 0 Å². The number of guanidine groups is 1. The Hall–Kier alpha value is -2.30. The van der Waals surface area contributed by atoms with E-state index >= 15 is 0 Å². The van der Waals surface area contributed by atoms with Crippen molar-refractivity contribution < 1.29 is 0 Å². The normalized spacial score (nSPS) is 14.9. The van der Waals surface area contributed by atoms with Gasteiger partial charge in [0, 0.05) is 32.5 Å². The molecule has 5 nitrogen and oxygen atoms in total. The topological polar surface area (TPSA) is 54.2 Å². The van der Waals surface area contributed by atoms with E-state index in [9.17, 15) is 0 Å². The van der Waals surface area contributed by atoms with Crippen LogP contribution in [0.3, 0.4) is 0 Å². The largest absolute Gasteiger partial charge is 0.356 e. The van der Waals surface area contributed by atoms with Crippen molar-refractivity contribution in [3.63, 3.8) is 0 Å². The van der Waals surface area contributed by atoms with Gasteiger partial charge in [0.1, 0.15) is 0 Å². The Labute approximate surface area is 131 Å². The molecule has 1 saturated carbocycles. The number of nitrogens with one attached hydrogen (secondary N) is 2. The van der Waals surface area contributed by atoms with Crippen molar-refractivity contribution in [2.45, 2.75) is 25.9 Å². The third-order valence-electron chi connectivity index (χ3n) is 3.93. The van der Waals surface area contributed by atoms with Crippen LogP contribution in [0.25, 0.3) is 0 Å². The SMILES string of the molecule is CN=C(NCc1ccccc1Cn1cccn1)NCC1CC1. The van der Waals surface area contributed by atoms with E-state index in [2.05, 4.69) is 45.0 Å². The molecule has 0 amide bonds. The van der Waals surface area contributed by atoms with Crippen LogP contribution in [-0.4, -0.2) is 29.3 Å². The molecular formula is C17H23N5. The van der Waals surface area contributed by atoms with Crippen molar-refractivity contribution in [1.82, 2.24) is 20.4 Å². The van der Waals surface area contributed by atoms with Crippen LogP contribution in [0.1, 0.15) is 24.0 Å². The van der Waals surface area contributed by atoms with Gasteiger partial charge in [-0.1, -0.05) is 24.3 Å². The fourth-order valence-electron chi connectivity index (χ4n) is 2.42. The molecule has 2 N–H and O–H groups in total. The van der Waals surface area contributed by atoms with Gasteiger partial charge in [-0.25, -0.2) is 0 Å². The molecule has 1 aromatic carbocycles. The van der Waals surface area contributed by atoms with Crippen molar-refractivity contribution >= 4 is 5.96 Å². The first-order chi connectivity index (χ1) is 10.8. The average Bonchev–Trinajstić information content (AvgIpc) is 3.24. The van der Waals surface area contributed by atoms with Crippen LogP contribution in [0.4, 0.5) is 0 Å². The van der Waals surface area contributed by atoms with E-state index in [4.69, 9.17) is 0 Å². The summed E-state index contributed by atoms with van der Waals surface area (Å²) in [6.45, 7) is 2.58. The van der Waals surface area contributed by atoms with Gasteiger partial charge < -0.3 is 10.6 Å². The molecule has 0 radical (unpaired) electrons. The number of rotatable bonds is 6. The van der Waals surface area contributed by atoms with Gasteiger partial charge in [-0.3, -0.25) is 9.67 Å². The Kier molecular flexibility index (Phi) is 4.73. The summed E-state index contributed by atoms with van der Waals surface area (Å²) < 4.78 is 1.94. The number of aliphatic imine (C=N–C) groups is 1. The van der Waals surface area contributed by atoms with Crippen LogP contribution in [-0.2, 0) is 13.1 Å². The van der Waals surface area contributed by atoms with E-state index in [1.54, 1.807) is 0 Å². The molecule has 0 spiro atoms. The lowest BCUT2D eigenvalue weighted by Crippen LogP contribution is -2.38. The third-order valence-corrected chi connectivity index (χ3v) is 3.93. The van der Waals surface area contributed by atoms with Gasteiger partial charge >= 0.3 is 0 Å². The summed E-state index contributed by atoms with van der Waals surface area (Å²) in [6, 6.07) is 10.4. The van der Waals surface area contributed by atoms with E-state index in [1.807, 2.05) is 30.2 Å². The van der Waals surface area contributed by atoms with Crippen LogP contribution >= 0.6 is 0 Å². The Morgan fingerprint density at radius 3 is 2.73 bits per heavy atom. The number of nitrogens with zero attached hydrogens (tertiary/aromatic N) is 3. The maximum Gasteiger partial charge on any atom is 0.191 e. The molecular weight excluding hydrogens is 274 g/mol. The van der Waals surface area contributed by atoms with Crippen LogP contribution in [0.15, 0.2) is 47.7 Å². The molecule has 116 valence electrons. The second-order valence-electron chi connectivity index (χ2n) is 5.72. The van der Waals surface area contributed by atoms with E-state index in [1.165, 1.54) is 24.0 Å². The molecule has 5 heteroatoms. The maximum absolute atomic E-state index is 4.29. The highest BCUT2D eigenvalue weighted by atomic mass is 15.3. The minimum absolute atomic E-state index is 0.766. The molecule has 0 bridgehead atoms. The highest BCUT2D eigenvalue weighted by molar-refractivity contribution is 5.79. The van der Waals surface area contributed by atoms with Crippen molar-refractivity contribution in [1.29, 1.82) is 0 Å². The zero-order chi connectivity index (χ0) is 15.2. The summed E-state index contributed by atoms with van der Waals surface area (Å²) in [5.41, 5.74) is 2.55. The van der Waals surface area contributed by atoms with Gasteiger partial charge in [0.15, 0.2) is 5.96 Å². The van der Waals surface area contributed by atoms with Crippen LogP contribution in [0.2, 0.25) is 0 Å². The lowest BCUT2D eigenvalue weighted by Gasteiger charge is -2.14. The smallest absolute Gasteiger partial charge is 0.191 e. The summed E-state index contributed by atoms with van der Waals surface area (Å²) in [4.78, 5) is 4.29. The quantitative estimate of drug-likeness (QED) is 0.633. The van der Waals surface area contributed by atoms with Gasteiger partial charge in [-0.05, 0) is 36.0 Å². The minimum atomic E-state index is 0.766. The van der Waals surface area contributed by atoms with Crippen LogP contribution in [0.5, 0.6) is 0 Å². The van der Waals surface area contributed by atoms with Gasteiger partial charge in [0.2, 0.25) is 0 Å². The minimum Gasteiger partial charge on any atom is -0.356 e. The van der Waals surface area contributed by atoms with Gasteiger partial charge in [0.05, 0.1) is 6.54 Å². The number of benzene rings is 1. The molecule has 0 atom stereocenters. The molecule has 0 saturated heterocycles. The first-order valence-electron chi connectivity index (χ1n) is 7.84. The van der Waals surface area contributed by atoms with Crippen molar-refractivity contribution in [2.24, 2.45) is 10.9 Å². The second kappa shape index (κ2) is 7.11. The predicted molar refractivity (Wildman–Crippen MR) is 88.7 cm³/mol. The molecule has 0 aliphatic heterocycles. The monoisotopic (exact) mass is 297 g/mol. The Morgan fingerprint density at radius 2 is 2.05 bits per heavy atom. The lowest BCUT2D eigenvalue weighted by atomic mass is 10.1. The highest BCUT2D eigenvalue weighted by Crippen LogP contribution is 2.27. The van der Waals surface area contributed by atoms with Crippen molar-refractivity contribution in [3.05, 3.63) is 53.9 Å². The van der Waals surface area contributed by atoms with Gasteiger partial charge in [0.25, 0.3) is 0 Å². The number of hydrogen-bond donors (Lipinski definition) is 2. The standard InChI is InChI=1S/C17H23N5/c1-18-17(19-11-14-7-8-14)20-12-15-5-2-3-6-16(15)13-22-10-4-9-21-22/h2-6,9-10,14H,7-8,11-13H2,1H3,(H2,18,19,20).